The monoisotopic (exact) mass is 290 g/mol. The Labute approximate surface area is 129 Å². The number of hydrogen-bond acceptors (Lipinski definition) is 3. The molecule has 3 nitrogen and oxygen atoms in total. The molecule has 1 atom stereocenters. The van der Waals surface area contributed by atoms with Gasteiger partial charge in [0.1, 0.15) is 5.75 Å². The highest BCUT2D eigenvalue weighted by molar-refractivity contribution is 5.54. The van der Waals surface area contributed by atoms with Crippen molar-refractivity contribution in [1.29, 1.82) is 0 Å². The fourth-order valence-electron chi connectivity index (χ4n) is 3.54. The fourth-order valence-corrected chi connectivity index (χ4v) is 3.54. The van der Waals surface area contributed by atoms with E-state index in [1.165, 1.54) is 32.1 Å². The Balaban J connectivity index is 2.16. The molecule has 1 aliphatic carbocycles. The molecule has 2 rings (SSSR count). The topological polar surface area (TPSA) is 35.5 Å². The minimum atomic E-state index is 0.189. The van der Waals surface area contributed by atoms with Crippen LogP contribution in [0.2, 0.25) is 0 Å². The highest BCUT2D eigenvalue weighted by atomic mass is 16.3. The van der Waals surface area contributed by atoms with Gasteiger partial charge >= 0.3 is 0 Å². The van der Waals surface area contributed by atoms with Gasteiger partial charge in [0, 0.05) is 35.9 Å². The molecule has 1 aliphatic rings. The van der Waals surface area contributed by atoms with Gasteiger partial charge in [-0.15, -0.1) is 0 Å². The van der Waals surface area contributed by atoms with E-state index in [1.54, 1.807) is 0 Å². The number of anilines is 1. The van der Waals surface area contributed by atoms with Gasteiger partial charge in [-0.1, -0.05) is 32.3 Å². The number of phenolic OH excluding ortho intramolecular Hbond substituents is 1. The van der Waals surface area contributed by atoms with Crippen LogP contribution >= 0.6 is 0 Å². The van der Waals surface area contributed by atoms with Crippen molar-refractivity contribution in [3.05, 3.63) is 23.8 Å². The molecule has 0 amide bonds. The van der Waals surface area contributed by atoms with Crippen molar-refractivity contribution in [3.8, 4) is 5.75 Å². The van der Waals surface area contributed by atoms with Crippen LogP contribution in [-0.2, 0) is 0 Å². The van der Waals surface area contributed by atoms with Gasteiger partial charge in [0.15, 0.2) is 0 Å². The molecule has 1 aromatic carbocycles. The number of nitrogens with zero attached hydrogens (tertiary/aromatic N) is 1. The first-order valence-corrected chi connectivity index (χ1v) is 8.50. The second-order valence-corrected chi connectivity index (χ2v) is 6.10. The van der Waals surface area contributed by atoms with E-state index >= 15 is 0 Å². The van der Waals surface area contributed by atoms with Crippen LogP contribution in [0.15, 0.2) is 18.2 Å². The van der Waals surface area contributed by atoms with Gasteiger partial charge in [-0.2, -0.15) is 0 Å². The molecule has 2 N–H and O–H groups in total. The Morgan fingerprint density at radius 1 is 1.24 bits per heavy atom. The quantitative estimate of drug-likeness (QED) is 0.823. The summed E-state index contributed by atoms with van der Waals surface area (Å²) in [5.74, 6) is 0.412. The molecular weight excluding hydrogens is 260 g/mol. The second-order valence-electron chi connectivity index (χ2n) is 6.10. The third kappa shape index (κ3) is 3.91. The molecule has 1 unspecified atom stereocenters. The molecule has 0 spiro atoms. The third-order valence-electron chi connectivity index (χ3n) is 4.68. The molecule has 0 bridgehead atoms. The maximum absolute atomic E-state index is 10.4. The van der Waals surface area contributed by atoms with Gasteiger partial charge < -0.3 is 15.3 Å². The summed E-state index contributed by atoms with van der Waals surface area (Å²) < 4.78 is 0. The SMILES string of the molecule is CCNC(C)c1ccc(N(CC)C2CCCCC2)cc1O. The molecule has 1 saturated carbocycles. The normalized spacial score (nSPS) is 17.7. The van der Waals surface area contributed by atoms with E-state index in [0.717, 1.165) is 24.3 Å². The summed E-state index contributed by atoms with van der Waals surface area (Å²) in [6.07, 6.45) is 6.61. The van der Waals surface area contributed by atoms with Crippen LogP contribution in [0.4, 0.5) is 5.69 Å². The Bertz CT molecular complexity index is 441. The van der Waals surface area contributed by atoms with E-state index in [-0.39, 0.29) is 6.04 Å². The highest BCUT2D eigenvalue weighted by Crippen LogP contribution is 2.32. The number of aromatic hydroxyl groups is 1. The van der Waals surface area contributed by atoms with Crippen molar-refractivity contribution in [2.45, 2.75) is 65.0 Å². The molecule has 118 valence electrons. The Morgan fingerprint density at radius 3 is 2.52 bits per heavy atom. The highest BCUT2D eigenvalue weighted by Gasteiger charge is 2.21. The zero-order valence-electron chi connectivity index (χ0n) is 13.7. The molecule has 1 fully saturated rings. The van der Waals surface area contributed by atoms with Crippen LogP contribution in [-0.4, -0.2) is 24.2 Å². The van der Waals surface area contributed by atoms with Crippen LogP contribution in [0.5, 0.6) is 5.75 Å². The standard InChI is InChI=1S/C18H30N2O/c1-4-19-14(3)17-12-11-16(13-18(17)21)20(5-2)15-9-7-6-8-10-15/h11-15,19,21H,4-10H2,1-3H3. The lowest BCUT2D eigenvalue weighted by molar-refractivity contribution is 0.416. The van der Waals surface area contributed by atoms with E-state index in [0.29, 0.717) is 11.8 Å². The molecule has 1 aromatic rings. The lowest BCUT2D eigenvalue weighted by Gasteiger charge is -2.35. The smallest absolute Gasteiger partial charge is 0.122 e. The van der Waals surface area contributed by atoms with Crippen LogP contribution in [0, 0.1) is 0 Å². The molecule has 0 aromatic heterocycles. The van der Waals surface area contributed by atoms with Crippen molar-refractivity contribution in [2.24, 2.45) is 0 Å². The molecule has 0 saturated heterocycles. The Kier molecular flexibility index (Phi) is 5.92. The van der Waals surface area contributed by atoms with Gasteiger partial charge in [0.05, 0.1) is 0 Å². The first kappa shape index (κ1) is 16.2. The number of rotatable bonds is 6. The predicted molar refractivity (Wildman–Crippen MR) is 90.1 cm³/mol. The van der Waals surface area contributed by atoms with Gasteiger partial charge in [-0.3, -0.25) is 0 Å². The summed E-state index contributed by atoms with van der Waals surface area (Å²) in [5, 5.41) is 13.7. The van der Waals surface area contributed by atoms with Crippen molar-refractivity contribution >= 4 is 5.69 Å². The average Bonchev–Trinajstić information content (AvgIpc) is 2.49. The summed E-state index contributed by atoms with van der Waals surface area (Å²) in [4.78, 5) is 2.46. The summed E-state index contributed by atoms with van der Waals surface area (Å²) in [5.41, 5.74) is 2.15. The van der Waals surface area contributed by atoms with Crippen LogP contribution in [0.3, 0.4) is 0 Å². The Hall–Kier alpha value is -1.22. The molecular formula is C18H30N2O. The molecule has 0 radical (unpaired) electrons. The van der Waals surface area contributed by atoms with Crippen LogP contribution in [0.25, 0.3) is 0 Å². The van der Waals surface area contributed by atoms with Crippen molar-refractivity contribution in [1.82, 2.24) is 5.32 Å². The first-order valence-electron chi connectivity index (χ1n) is 8.50. The van der Waals surface area contributed by atoms with Crippen molar-refractivity contribution in [2.75, 3.05) is 18.0 Å². The zero-order valence-corrected chi connectivity index (χ0v) is 13.7. The summed E-state index contributed by atoms with van der Waals surface area (Å²) in [6, 6.07) is 7.01. The summed E-state index contributed by atoms with van der Waals surface area (Å²) in [6.45, 7) is 8.30. The van der Waals surface area contributed by atoms with Crippen molar-refractivity contribution < 1.29 is 5.11 Å². The minimum Gasteiger partial charge on any atom is -0.508 e. The van der Waals surface area contributed by atoms with Gasteiger partial charge in [-0.05, 0) is 39.3 Å². The fraction of sp³-hybridized carbons (Fsp3) is 0.667. The maximum Gasteiger partial charge on any atom is 0.122 e. The Morgan fingerprint density at radius 2 is 1.95 bits per heavy atom. The molecule has 3 heteroatoms. The maximum atomic E-state index is 10.4. The minimum absolute atomic E-state index is 0.189. The van der Waals surface area contributed by atoms with Gasteiger partial charge in [-0.25, -0.2) is 0 Å². The summed E-state index contributed by atoms with van der Waals surface area (Å²) in [7, 11) is 0. The molecule has 0 heterocycles. The first-order chi connectivity index (χ1) is 10.2. The van der Waals surface area contributed by atoms with Gasteiger partial charge in [0.25, 0.3) is 0 Å². The van der Waals surface area contributed by atoms with Crippen molar-refractivity contribution in [3.63, 3.8) is 0 Å². The van der Waals surface area contributed by atoms with Crippen LogP contribution < -0.4 is 10.2 Å². The number of nitrogens with one attached hydrogen (secondary N) is 1. The lowest BCUT2D eigenvalue weighted by atomic mass is 9.93. The largest absolute Gasteiger partial charge is 0.508 e. The number of benzene rings is 1. The average molecular weight is 290 g/mol. The molecule has 21 heavy (non-hydrogen) atoms. The van der Waals surface area contributed by atoms with E-state index in [4.69, 9.17) is 0 Å². The van der Waals surface area contributed by atoms with E-state index in [9.17, 15) is 5.11 Å². The third-order valence-corrected chi connectivity index (χ3v) is 4.68. The molecule has 0 aliphatic heterocycles. The van der Waals surface area contributed by atoms with E-state index in [1.807, 2.05) is 6.07 Å². The summed E-state index contributed by atoms with van der Waals surface area (Å²) >= 11 is 0. The number of hydrogen-bond donors (Lipinski definition) is 2. The van der Waals surface area contributed by atoms with Gasteiger partial charge in [0.2, 0.25) is 0 Å². The van der Waals surface area contributed by atoms with E-state index < -0.39 is 0 Å². The second kappa shape index (κ2) is 7.69. The predicted octanol–water partition coefficient (Wildman–Crippen LogP) is 4.22. The van der Waals surface area contributed by atoms with Crippen LogP contribution in [0.1, 0.15) is 64.5 Å². The number of phenols is 1. The lowest BCUT2D eigenvalue weighted by Crippen LogP contribution is -2.36. The van der Waals surface area contributed by atoms with E-state index in [2.05, 4.69) is 43.1 Å². The zero-order chi connectivity index (χ0) is 15.2.